The van der Waals surface area contributed by atoms with Gasteiger partial charge in [-0.3, -0.25) is 4.79 Å². The molecule has 0 bridgehead atoms. The van der Waals surface area contributed by atoms with Crippen LogP contribution in [0.4, 0.5) is 13.2 Å². The van der Waals surface area contributed by atoms with Crippen molar-refractivity contribution in [1.82, 2.24) is 19.5 Å². The second-order valence-corrected chi connectivity index (χ2v) is 9.66. The van der Waals surface area contributed by atoms with E-state index in [0.29, 0.717) is 30.0 Å². The fourth-order valence-corrected chi connectivity index (χ4v) is 5.26. The zero-order valence-electron chi connectivity index (χ0n) is 19.8. The second kappa shape index (κ2) is 8.93. The van der Waals surface area contributed by atoms with Crippen LogP contribution < -0.4 is 0 Å². The van der Waals surface area contributed by atoms with Crippen LogP contribution in [0.1, 0.15) is 67.2 Å². The number of hydrogen-bond donors (Lipinski definition) is 1. The van der Waals surface area contributed by atoms with E-state index in [4.69, 9.17) is 5.11 Å². The van der Waals surface area contributed by atoms with Gasteiger partial charge in [0.15, 0.2) is 5.65 Å². The number of alkyl halides is 2. The van der Waals surface area contributed by atoms with Gasteiger partial charge in [0.1, 0.15) is 11.5 Å². The lowest BCUT2D eigenvalue weighted by Gasteiger charge is -2.27. The number of benzene rings is 1. The minimum absolute atomic E-state index is 0.112. The molecule has 3 atom stereocenters. The summed E-state index contributed by atoms with van der Waals surface area (Å²) in [6.07, 6.45) is 4.74. The molecule has 9 heteroatoms. The van der Waals surface area contributed by atoms with Gasteiger partial charge in [-0.1, -0.05) is 25.8 Å². The van der Waals surface area contributed by atoms with Crippen LogP contribution in [-0.4, -0.2) is 55.6 Å². The summed E-state index contributed by atoms with van der Waals surface area (Å²) < 4.78 is 44.4. The van der Waals surface area contributed by atoms with Gasteiger partial charge in [-0.05, 0) is 49.9 Å². The Bertz CT molecular complexity index is 1270. The van der Waals surface area contributed by atoms with Crippen LogP contribution in [-0.2, 0) is 6.42 Å². The highest BCUT2D eigenvalue weighted by molar-refractivity contribution is 5.93. The van der Waals surface area contributed by atoms with Crippen molar-refractivity contribution >= 4 is 11.6 Å². The number of fused-ring (bicyclic) bond motifs is 1. The molecule has 1 aliphatic heterocycles. The van der Waals surface area contributed by atoms with Crippen LogP contribution in [0, 0.1) is 11.7 Å². The van der Waals surface area contributed by atoms with E-state index in [1.165, 1.54) is 12.1 Å². The van der Waals surface area contributed by atoms with E-state index in [0.717, 1.165) is 37.4 Å². The van der Waals surface area contributed by atoms with Crippen molar-refractivity contribution < 1.29 is 23.1 Å². The predicted molar refractivity (Wildman–Crippen MR) is 125 cm³/mol. The summed E-state index contributed by atoms with van der Waals surface area (Å²) in [5, 5.41) is 13.7. The van der Waals surface area contributed by atoms with Crippen LogP contribution in [0.5, 0.6) is 0 Å². The standard InChI is InChI=1S/C26H29F3N4O2/c1-3-17-12-22(25(35)32-10-6-4-5-7-15(32)2)30-23-13-21(31-33(17)23)18-9-8-16(11-20(18)27)24-19(14-34)26(24,28)29/h8-9,11-13,15,19,24,34H,3-7,10,14H2,1-2H3/t15-,19-,24-/m1/s1. The molecule has 0 radical (unpaired) electrons. The average molecular weight is 487 g/mol. The number of aromatic nitrogens is 3. The summed E-state index contributed by atoms with van der Waals surface area (Å²) >= 11 is 0. The Morgan fingerprint density at radius 1 is 1.20 bits per heavy atom. The van der Waals surface area contributed by atoms with Crippen molar-refractivity contribution in [3.8, 4) is 11.3 Å². The van der Waals surface area contributed by atoms with Gasteiger partial charge in [0, 0.05) is 29.9 Å². The van der Waals surface area contributed by atoms with Crippen molar-refractivity contribution in [2.24, 2.45) is 5.92 Å². The van der Waals surface area contributed by atoms with Crippen LogP contribution in [0.25, 0.3) is 16.9 Å². The lowest BCUT2D eigenvalue weighted by Crippen LogP contribution is -2.38. The van der Waals surface area contributed by atoms with Crippen LogP contribution in [0.15, 0.2) is 30.3 Å². The first kappa shape index (κ1) is 23.8. The van der Waals surface area contributed by atoms with Crippen molar-refractivity contribution in [3.05, 3.63) is 53.1 Å². The number of rotatable bonds is 5. The molecule has 2 aliphatic rings. The van der Waals surface area contributed by atoms with Gasteiger partial charge < -0.3 is 10.0 Å². The SMILES string of the molecule is CCc1cc(C(=O)N2CCCCC[C@H]2C)nc2cc(-c3ccc([C@@H]4[C@@H](CO)C4(F)F)cc3F)nn12. The first-order chi connectivity index (χ1) is 16.8. The first-order valence-corrected chi connectivity index (χ1v) is 12.2. The molecule has 2 fully saturated rings. The Labute approximate surface area is 201 Å². The molecule has 1 N–H and O–H groups in total. The number of carbonyl (C=O) groups is 1. The fraction of sp³-hybridized carbons (Fsp3) is 0.500. The smallest absolute Gasteiger partial charge is 0.272 e. The molecule has 1 amide bonds. The largest absolute Gasteiger partial charge is 0.396 e. The van der Waals surface area contributed by atoms with Gasteiger partial charge in [-0.2, -0.15) is 5.10 Å². The number of hydrogen-bond acceptors (Lipinski definition) is 4. The summed E-state index contributed by atoms with van der Waals surface area (Å²) in [7, 11) is 0. The molecule has 1 aromatic carbocycles. The van der Waals surface area contributed by atoms with Gasteiger partial charge >= 0.3 is 0 Å². The van der Waals surface area contributed by atoms with Gasteiger partial charge in [0.25, 0.3) is 11.8 Å². The number of likely N-dealkylation sites (tertiary alicyclic amines) is 1. The van der Waals surface area contributed by atoms with E-state index in [2.05, 4.69) is 17.0 Å². The fourth-order valence-electron chi connectivity index (χ4n) is 5.26. The zero-order valence-corrected chi connectivity index (χ0v) is 19.8. The lowest BCUT2D eigenvalue weighted by molar-refractivity contribution is 0.0691. The number of aliphatic hydroxyl groups is 1. The molecule has 1 saturated carbocycles. The van der Waals surface area contributed by atoms with Gasteiger partial charge in [-0.25, -0.2) is 22.7 Å². The molecule has 3 heterocycles. The molecule has 3 aromatic rings. The maximum Gasteiger partial charge on any atom is 0.272 e. The number of carbonyl (C=O) groups excluding carboxylic acids is 1. The van der Waals surface area contributed by atoms with E-state index in [9.17, 15) is 13.6 Å². The average Bonchev–Trinajstić information content (AvgIpc) is 3.25. The number of amides is 1. The van der Waals surface area contributed by atoms with Crippen molar-refractivity contribution in [1.29, 1.82) is 0 Å². The van der Waals surface area contributed by atoms with E-state index >= 15 is 4.39 Å². The normalized spacial score (nSPS) is 23.9. The minimum atomic E-state index is -3.03. The summed E-state index contributed by atoms with van der Waals surface area (Å²) in [6, 6.07) is 7.49. The lowest BCUT2D eigenvalue weighted by atomic mass is 10.0. The first-order valence-electron chi connectivity index (χ1n) is 12.2. The van der Waals surface area contributed by atoms with E-state index in [-0.39, 0.29) is 23.1 Å². The van der Waals surface area contributed by atoms with Crippen LogP contribution >= 0.6 is 0 Å². The number of aliphatic hydroxyl groups excluding tert-OH is 1. The molecular formula is C26H29F3N4O2. The number of aryl methyl sites for hydroxylation is 1. The highest BCUT2D eigenvalue weighted by Crippen LogP contribution is 2.61. The molecule has 5 rings (SSSR count). The predicted octanol–water partition coefficient (Wildman–Crippen LogP) is 4.84. The number of halogens is 3. The maximum atomic E-state index is 15.0. The van der Waals surface area contributed by atoms with Crippen LogP contribution in [0.3, 0.4) is 0 Å². The zero-order chi connectivity index (χ0) is 24.9. The van der Waals surface area contributed by atoms with Gasteiger partial charge in [0.2, 0.25) is 0 Å². The Morgan fingerprint density at radius 3 is 2.69 bits per heavy atom. The Hall–Kier alpha value is -2.94. The minimum Gasteiger partial charge on any atom is -0.396 e. The molecule has 186 valence electrons. The van der Waals surface area contributed by atoms with E-state index in [1.807, 2.05) is 11.8 Å². The summed E-state index contributed by atoms with van der Waals surface area (Å²) in [6.45, 7) is 4.07. The monoisotopic (exact) mass is 486 g/mol. The number of nitrogens with zero attached hydrogens (tertiary/aromatic N) is 4. The molecular weight excluding hydrogens is 457 g/mol. The molecule has 35 heavy (non-hydrogen) atoms. The third-order valence-electron chi connectivity index (χ3n) is 7.42. The molecule has 0 unspecified atom stereocenters. The topological polar surface area (TPSA) is 70.7 Å². The molecule has 2 aromatic heterocycles. The molecule has 6 nitrogen and oxygen atoms in total. The van der Waals surface area contributed by atoms with Crippen molar-refractivity contribution in [2.75, 3.05) is 13.2 Å². The van der Waals surface area contributed by atoms with Crippen molar-refractivity contribution in [3.63, 3.8) is 0 Å². The second-order valence-electron chi connectivity index (χ2n) is 9.66. The molecule has 0 spiro atoms. The summed E-state index contributed by atoms with van der Waals surface area (Å²) in [5.41, 5.74) is 2.18. The third kappa shape index (κ3) is 4.09. The Balaban J connectivity index is 1.48. The van der Waals surface area contributed by atoms with E-state index in [1.54, 1.807) is 16.6 Å². The maximum absolute atomic E-state index is 15.0. The van der Waals surface area contributed by atoms with E-state index < -0.39 is 30.2 Å². The summed E-state index contributed by atoms with van der Waals surface area (Å²) in [5.74, 6) is -6.17. The highest BCUT2D eigenvalue weighted by Gasteiger charge is 2.68. The highest BCUT2D eigenvalue weighted by atomic mass is 19.3. The van der Waals surface area contributed by atoms with Crippen LogP contribution in [0.2, 0.25) is 0 Å². The summed E-state index contributed by atoms with van der Waals surface area (Å²) in [4.78, 5) is 19.8. The van der Waals surface area contributed by atoms with Crippen molar-refractivity contribution in [2.45, 2.75) is 63.8 Å². The molecule has 1 saturated heterocycles. The quantitative estimate of drug-likeness (QED) is 0.560. The Morgan fingerprint density at radius 2 is 2.00 bits per heavy atom. The Kier molecular flexibility index (Phi) is 6.07. The van der Waals surface area contributed by atoms with Gasteiger partial charge in [0.05, 0.1) is 24.1 Å². The van der Waals surface area contributed by atoms with Gasteiger partial charge in [-0.15, -0.1) is 0 Å². The molecule has 1 aliphatic carbocycles. The third-order valence-corrected chi connectivity index (χ3v) is 7.42.